The van der Waals surface area contributed by atoms with Gasteiger partial charge >= 0.3 is 12.3 Å². The maximum absolute atomic E-state index is 12.9. The summed E-state index contributed by atoms with van der Waals surface area (Å²) < 4.78 is 68.5. The molecule has 2 aliphatic rings. The highest BCUT2D eigenvalue weighted by molar-refractivity contribution is 7.92. The number of hydrogen-bond acceptors (Lipinski definition) is 6. The summed E-state index contributed by atoms with van der Waals surface area (Å²) in [6.45, 7) is 1.56. The van der Waals surface area contributed by atoms with E-state index >= 15 is 0 Å². The van der Waals surface area contributed by atoms with Gasteiger partial charge in [-0.25, -0.2) is 13.2 Å². The van der Waals surface area contributed by atoms with E-state index in [1.54, 1.807) is 13.0 Å². The van der Waals surface area contributed by atoms with Gasteiger partial charge in [0.2, 0.25) is 10.0 Å². The molecule has 0 radical (unpaired) electrons. The summed E-state index contributed by atoms with van der Waals surface area (Å²) in [5.74, 6) is -1.95. The Labute approximate surface area is 210 Å². The third-order valence-electron chi connectivity index (χ3n) is 6.26. The smallest absolute Gasteiger partial charge is 0.478 e. The second-order valence-electron chi connectivity index (χ2n) is 8.59. The van der Waals surface area contributed by atoms with Crippen molar-refractivity contribution in [3.8, 4) is 5.75 Å². The first kappa shape index (κ1) is 26.4. The Kier molecular flexibility index (Phi) is 6.86. The van der Waals surface area contributed by atoms with Crippen LogP contribution in [0.1, 0.15) is 39.9 Å². The molecule has 13 heteroatoms. The quantitative estimate of drug-likeness (QED) is 0.583. The molecule has 0 aromatic heterocycles. The molecule has 0 atom stereocenters. The fourth-order valence-electron chi connectivity index (χ4n) is 4.25. The highest BCUT2D eigenvalue weighted by Gasteiger charge is 2.47. The van der Waals surface area contributed by atoms with E-state index in [2.05, 4.69) is 15.0 Å². The Morgan fingerprint density at radius 3 is 2.51 bits per heavy atom. The van der Waals surface area contributed by atoms with Crippen LogP contribution in [0, 0.1) is 6.92 Å². The third-order valence-corrected chi connectivity index (χ3v) is 7.82. The number of halogens is 3. The molecule has 9 nitrogen and oxygen atoms in total. The minimum Gasteiger partial charge on any atom is -0.478 e. The van der Waals surface area contributed by atoms with Crippen LogP contribution in [-0.4, -0.2) is 60.5 Å². The lowest BCUT2D eigenvalue weighted by Crippen LogP contribution is -2.50. The first-order valence-corrected chi connectivity index (χ1v) is 12.6. The monoisotopic (exact) mass is 537 g/mol. The molecule has 0 aliphatic carbocycles. The number of carboxylic acids is 1. The summed E-state index contributed by atoms with van der Waals surface area (Å²) in [5, 5.41) is 12.8. The average molecular weight is 538 g/mol. The number of amides is 1. The summed E-state index contributed by atoms with van der Waals surface area (Å²) >= 11 is 0. The molecule has 1 amide bonds. The van der Waals surface area contributed by atoms with Crippen LogP contribution in [0.5, 0.6) is 5.75 Å². The van der Waals surface area contributed by atoms with Crippen molar-refractivity contribution >= 4 is 33.8 Å². The van der Waals surface area contributed by atoms with Crippen molar-refractivity contribution in [1.82, 2.24) is 9.62 Å². The number of alkyl halides is 3. The Hall–Kier alpha value is -3.71. The van der Waals surface area contributed by atoms with Crippen LogP contribution >= 0.6 is 0 Å². The molecule has 0 saturated carbocycles. The number of nitrogens with one attached hydrogen (secondary N) is 1. The van der Waals surface area contributed by atoms with E-state index in [-0.39, 0.29) is 42.9 Å². The van der Waals surface area contributed by atoms with Crippen LogP contribution in [-0.2, 0) is 14.8 Å². The van der Waals surface area contributed by atoms with Gasteiger partial charge in [0.05, 0.1) is 5.56 Å². The predicted molar refractivity (Wildman–Crippen MR) is 127 cm³/mol. The topological polar surface area (TPSA) is 125 Å². The van der Waals surface area contributed by atoms with Gasteiger partial charge in [0.15, 0.2) is 0 Å². The van der Waals surface area contributed by atoms with Gasteiger partial charge in [0.25, 0.3) is 5.91 Å². The van der Waals surface area contributed by atoms with Gasteiger partial charge in [-0.2, -0.15) is 4.31 Å². The maximum atomic E-state index is 12.9. The van der Waals surface area contributed by atoms with Crippen molar-refractivity contribution in [3.63, 3.8) is 0 Å². The van der Waals surface area contributed by atoms with Crippen molar-refractivity contribution in [2.45, 2.75) is 31.7 Å². The Morgan fingerprint density at radius 1 is 1.19 bits per heavy atom. The molecular weight excluding hydrogens is 515 g/mol. The fraction of sp³-hybridized carbons (Fsp3) is 0.292. The molecular formula is C24H22F3N3O6S. The standard InChI is InChI=1S/C24H22F3N3O6S/c1-15-16(4-3-7-19(15)21(31)32)8-13-37(34,35)30-11-9-23(10-12-30)22(33)28-20(29-23)17-5-2-6-18(14-17)36-24(25,26)27/h2-8,13-14H,9-12H2,1H3,(H,31,32)(H,28,29,33)/b13-8+. The summed E-state index contributed by atoms with van der Waals surface area (Å²) in [6.07, 6.45) is -3.40. The number of aliphatic imine (C=N–C) groups is 1. The molecule has 0 bridgehead atoms. The number of ether oxygens (including phenoxy) is 1. The molecule has 1 saturated heterocycles. The van der Waals surface area contributed by atoms with E-state index < -0.39 is 39.6 Å². The van der Waals surface area contributed by atoms with Crippen molar-refractivity contribution in [1.29, 1.82) is 0 Å². The lowest BCUT2D eigenvalue weighted by molar-refractivity contribution is -0.274. The van der Waals surface area contributed by atoms with Gasteiger partial charge in [-0.1, -0.05) is 24.3 Å². The van der Waals surface area contributed by atoms with Crippen LogP contribution in [0.3, 0.4) is 0 Å². The molecule has 37 heavy (non-hydrogen) atoms. The molecule has 196 valence electrons. The zero-order valence-corrected chi connectivity index (χ0v) is 20.3. The number of sulfonamides is 1. The highest BCUT2D eigenvalue weighted by atomic mass is 32.2. The Morgan fingerprint density at radius 2 is 1.86 bits per heavy atom. The summed E-state index contributed by atoms with van der Waals surface area (Å²) in [6, 6.07) is 9.60. The van der Waals surface area contributed by atoms with E-state index in [1.165, 1.54) is 34.6 Å². The van der Waals surface area contributed by atoms with Crippen molar-refractivity contribution < 1.29 is 41.0 Å². The number of carbonyl (C=O) groups excluding carboxylic acids is 1. The number of benzene rings is 2. The molecule has 2 aromatic rings. The second-order valence-corrected chi connectivity index (χ2v) is 10.4. The first-order valence-electron chi connectivity index (χ1n) is 11.1. The van der Waals surface area contributed by atoms with E-state index in [0.29, 0.717) is 11.1 Å². The van der Waals surface area contributed by atoms with Crippen LogP contribution in [0.15, 0.2) is 52.9 Å². The van der Waals surface area contributed by atoms with Crippen molar-refractivity contribution in [2.75, 3.05) is 13.1 Å². The van der Waals surface area contributed by atoms with Crippen molar-refractivity contribution in [2.24, 2.45) is 4.99 Å². The number of nitrogens with zero attached hydrogens (tertiary/aromatic N) is 2. The Balaban J connectivity index is 1.48. The van der Waals surface area contributed by atoms with Gasteiger partial charge in [-0.05, 0) is 55.2 Å². The number of piperidine rings is 1. The number of carboxylic acid groups (broad SMARTS) is 1. The molecule has 2 aromatic carbocycles. The van der Waals surface area contributed by atoms with E-state index in [4.69, 9.17) is 0 Å². The summed E-state index contributed by atoms with van der Waals surface area (Å²) in [4.78, 5) is 28.5. The van der Waals surface area contributed by atoms with E-state index in [9.17, 15) is 36.3 Å². The highest BCUT2D eigenvalue weighted by Crippen LogP contribution is 2.33. The number of carbonyl (C=O) groups is 2. The third kappa shape index (κ3) is 5.67. The molecule has 0 unspecified atom stereocenters. The molecule has 4 rings (SSSR count). The summed E-state index contributed by atoms with van der Waals surface area (Å²) in [5.41, 5.74) is -0.0793. The first-order chi connectivity index (χ1) is 17.3. The maximum Gasteiger partial charge on any atom is 0.573 e. The van der Waals surface area contributed by atoms with Gasteiger partial charge in [-0.3, -0.25) is 9.79 Å². The number of amidine groups is 1. The van der Waals surface area contributed by atoms with Gasteiger partial charge in [0, 0.05) is 24.1 Å². The van der Waals surface area contributed by atoms with Gasteiger partial charge in [0.1, 0.15) is 17.1 Å². The largest absolute Gasteiger partial charge is 0.573 e. The normalized spacial score (nSPS) is 18.2. The fourth-order valence-corrected chi connectivity index (χ4v) is 5.44. The molecule has 1 fully saturated rings. The minimum atomic E-state index is -4.87. The van der Waals surface area contributed by atoms with Crippen LogP contribution in [0.2, 0.25) is 0 Å². The lowest BCUT2D eigenvalue weighted by Gasteiger charge is -2.34. The van der Waals surface area contributed by atoms with Gasteiger partial charge < -0.3 is 15.2 Å². The SMILES string of the molecule is Cc1c(/C=C/S(=O)(=O)N2CCC3(CC2)N=C(c2cccc(OC(F)(F)F)c2)NC3=O)cccc1C(=O)O. The second kappa shape index (κ2) is 9.63. The molecule has 2 aliphatic heterocycles. The van der Waals surface area contributed by atoms with E-state index in [1.807, 2.05) is 0 Å². The zero-order valence-electron chi connectivity index (χ0n) is 19.4. The van der Waals surface area contributed by atoms with E-state index in [0.717, 1.165) is 17.5 Å². The number of aromatic carboxylic acids is 1. The zero-order chi connectivity index (χ0) is 27.0. The van der Waals surface area contributed by atoms with Crippen LogP contribution < -0.4 is 10.1 Å². The summed E-state index contributed by atoms with van der Waals surface area (Å²) in [7, 11) is -3.88. The van der Waals surface area contributed by atoms with Gasteiger partial charge in [-0.15, -0.1) is 13.2 Å². The number of hydrogen-bond donors (Lipinski definition) is 2. The molecule has 1 spiro atoms. The Bertz CT molecular complexity index is 1410. The molecule has 2 N–H and O–H groups in total. The van der Waals surface area contributed by atoms with Crippen LogP contribution in [0.4, 0.5) is 13.2 Å². The van der Waals surface area contributed by atoms with Crippen molar-refractivity contribution in [3.05, 3.63) is 70.1 Å². The predicted octanol–water partition coefficient (Wildman–Crippen LogP) is 3.30. The van der Waals surface area contributed by atoms with Crippen LogP contribution in [0.25, 0.3) is 6.08 Å². The minimum absolute atomic E-state index is 0.0117. The lowest BCUT2D eigenvalue weighted by atomic mass is 9.89. The average Bonchev–Trinajstić information content (AvgIpc) is 3.13. The number of rotatable bonds is 6. The molecule has 2 heterocycles.